The first-order valence-corrected chi connectivity index (χ1v) is 9.67. The molecule has 1 aromatic heterocycles. The summed E-state index contributed by atoms with van der Waals surface area (Å²) in [5, 5.41) is 3.36. The fraction of sp³-hybridized carbons (Fsp3) is 0.700. The molecular weight excluding hydrogens is 298 g/mol. The number of nitrogens with zero attached hydrogens (tertiary/aromatic N) is 2. The van der Waals surface area contributed by atoms with E-state index in [2.05, 4.69) is 22.1 Å². The van der Waals surface area contributed by atoms with Crippen LogP contribution >= 0.6 is 0 Å². The Kier molecular flexibility index (Phi) is 4.47. The summed E-state index contributed by atoms with van der Waals surface area (Å²) in [5.41, 5.74) is 0. The van der Waals surface area contributed by atoms with Gasteiger partial charge in [0.2, 0.25) is 5.91 Å². The summed E-state index contributed by atoms with van der Waals surface area (Å²) in [6.07, 6.45) is 9.43. The van der Waals surface area contributed by atoms with E-state index in [1.165, 1.54) is 25.7 Å². The van der Waals surface area contributed by atoms with E-state index in [0.29, 0.717) is 12.0 Å². The number of pyridine rings is 1. The van der Waals surface area contributed by atoms with Gasteiger partial charge in [-0.05, 0) is 68.9 Å². The van der Waals surface area contributed by atoms with E-state index >= 15 is 0 Å². The number of fused-ring (bicyclic) bond motifs is 2. The van der Waals surface area contributed by atoms with Crippen LogP contribution in [0.25, 0.3) is 0 Å². The Labute approximate surface area is 145 Å². The predicted octanol–water partition coefficient (Wildman–Crippen LogP) is 3.24. The quantitative estimate of drug-likeness (QED) is 0.923. The highest BCUT2D eigenvalue weighted by Crippen LogP contribution is 2.49. The average Bonchev–Trinajstić information content (AvgIpc) is 3.26. The van der Waals surface area contributed by atoms with Gasteiger partial charge in [0.1, 0.15) is 5.82 Å². The Morgan fingerprint density at radius 1 is 1.29 bits per heavy atom. The van der Waals surface area contributed by atoms with Gasteiger partial charge in [-0.1, -0.05) is 12.5 Å². The molecule has 0 spiro atoms. The van der Waals surface area contributed by atoms with Crippen molar-refractivity contribution in [1.82, 2.24) is 10.3 Å². The smallest absolute Gasteiger partial charge is 0.225 e. The zero-order chi connectivity index (χ0) is 16.5. The molecule has 1 aromatic rings. The van der Waals surface area contributed by atoms with Gasteiger partial charge >= 0.3 is 0 Å². The summed E-state index contributed by atoms with van der Waals surface area (Å²) in [5.74, 6) is 3.86. The van der Waals surface area contributed by atoms with Crippen molar-refractivity contribution in [2.75, 3.05) is 18.0 Å². The first-order chi connectivity index (χ1) is 11.7. The van der Waals surface area contributed by atoms with Gasteiger partial charge in [0, 0.05) is 25.3 Å². The molecular formula is C20H29N3O. The van der Waals surface area contributed by atoms with Gasteiger partial charge < -0.3 is 10.2 Å². The van der Waals surface area contributed by atoms with Crippen molar-refractivity contribution in [3.8, 4) is 0 Å². The second kappa shape index (κ2) is 6.73. The lowest BCUT2D eigenvalue weighted by atomic mass is 9.83. The molecule has 3 fully saturated rings. The highest BCUT2D eigenvalue weighted by Gasteiger charge is 2.42. The summed E-state index contributed by atoms with van der Waals surface area (Å²) in [4.78, 5) is 19.5. The van der Waals surface area contributed by atoms with Crippen molar-refractivity contribution in [2.45, 2.75) is 51.5 Å². The SMILES string of the molecule is C[C@H](NC(=O)[C@H]1CCCN(c2ccccn2)C1)[C@@H]1C[C@H]2CC[C@H]1C2. The zero-order valence-corrected chi connectivity index (χ0v) is 14.7. The minimum Gasteiger partial charge on any atom is -0.356 e. The summed E-state index contributed by atoms with van der Waals surface area (Å²) >= 11 is 0. The van der Waals surface area contributed by atoms with Gasteiger partial charge in [0.05, 0.1) is 5.92 Å². The lowest BCUT2D eigenvalue weighted by Gasteiger charge is -2.35. The maximum atomic E-state index is 12.8. The molecule has 3 aliphatic rings. The molecule has 0 unspecified atom stereocenters. The number of carbonyl (C=O) groups is 1. The van der Waals surface area contributed by atoms with E-state index in [-0.39, 0.29) is 11.8 Å². The topological polar surface area (TPSA) is 45.2 Å². The molecule has 4 nitrogen and oxygen atoms in total. The molecule has 24 heavy (non-hydrogen) atoms. The van der Waals surface area contributed by atoms with Gasteiger partial charge in [-0.2, -0.15) is 0 Å². The second-order valence-corrected chi connectivity index (χ2v) is 8.11. The van der Waals surface area contributed by atoms with Gasteiger partial charge in [-0.15, -0.1) is 0 Å². The highest BCUT2D eigenvalue weighted by molar-refractivity contribution is 5.79. The van der Waals surface area contributed by atoms with Crippen LogP contribution in [0.15, 0.2) is 24.4 Å². The van der Waals surface area contributed by atoms with Crippen LogP contribution in [0.3, 0.4) is 0 Å². The largest absolute Gasteiger partial charge is 0.356 e. The Morgan fingerprint density at radius 2 is 2.21 bits per heavy atom. The Balaban J connectivity index is 1.34. The number of aromatic nitrogens is 1. The van der Waals surface area contributed by atoms with Crippen LogP contribution in [0, 0.1) is 23.7 Å². The summed E-state index contributed by atoms with van der Waals surface area (Å²) in [6, 6.07) is 6.33. The van der Waals surface area contributed by atoms with Gasteiger partial charge in [0.15, 0.2) is 0 Å². The minimum absolute atomic E-state index is 0.0989. The first kappa shape index (κ1) is 15.9. The van der Waals surface area contributed by atoms with Gasteiger partial charge in [0.25, 0.3) is 0 Å². The number of hydrogen-bond donors (Lipinski definition) is 1. The van der Waals surface area contributed by atoms with Crippen LogP contribution in [0.4, 0.5) is 5.82 Å². The maximum Gasteiger partial charge on any atom is 0.225 e. The van der Waals surface area contributed by atoms with Crippen LogP contribution < -0.4 is 10.2 Å². The number of piperidine rings is 1. The van der Waals surface area contributed by atoms with E-state index in [1.807, 2.05) is 24.4 Å². The average molecular weight is 327 g/mol. The van der Waals surface area contributed by atoms with Crippen LogP contribution in [-0.4, -0.2) is 30.0 Å². The zero-order valence-electron chi connectivity index (χ0n) is 14.7. The van der Waals surface area contributed by atoms with Crippen molar-refractivity contribution in [1.29, 1.82) is 0 Å². The van der Waals surface area contributed by atoms with E-state index < -0.39 is 0 Å². The lowest BCUT2D eigenvalue weighted by Crippen LogP contribution is -2.47. The molecule has 2 bridgehead atoms. The maximum absolute atomic E-state index is 12.8. The Morgan fingerprint density at radius 3 is 2.92 bits per heavy atom. The second-order valence-electron chi connectivity index (χ2n) is 8.11. The number of carbonyl (C=O) groups excluding carboxylic acids is 1. The fourth-order valence-electron chi connectivity index (χ4n) is 5.30. The molecule has 4 heteroatoms. The molecule has 2 saturated carbocycles. The van der Waals surface area contributed by atoms with Gasteiger partial charge in [-0.25, -0.2) is 4.98 Å². The molecule has 2 aliphatic carbocycles. The molecule has 0 radical (unpaired) electrons. The van der Waals surface area contributed by atoms with E-state index in [4.69, 9.17) is 0 Å². The normalized spacial score (nSPS) is 33.5. The van der Waals surface area contributed by atoms with Crippen LogP contribution in [0.2, 0.25) is 0 Å². The third-order valence-corrected chi connectivity index (χ3v) is 6.57. The van der Waals surface area contributed by atoms with Crippen molar-refractivity contribution in [2.24, 2.45) is 23.7 Å². The Hall–Kier alpha value is -1.58. The number of nitrogens with one attached hydrogen (secondary N) is 1. The molecule has 1 N–H and O–H groups in total. The molecule has 2 heterocycles. The van der Waals surface area contributed by atoms with Crippen molar-refractivity contribution < 1.29 is 4.79 Å². The lowest BCUT2D eigenvalue weighted by molar-refractivity contribution is -0.126. The monoisotopic (exact) mass is 327 g/mol. The van der Waals surface area contributed by atoms with Crippen molar-refractivity contribution in [3.63, 3.8) is 0 Å². The third kappa shape index (κ3) is 3.15. The molecule has 1 amide bonds. The summed E-state index contributed by atoms with van der Waals surface area (Å²) in [6.45, 7) is 4.03. The van der Waals surface area contributed by atoms with E-state index in [1.54, 1.807) is 0 Å². The standard InChI is InChI=1S/C20H29N3O/c1-14(18-12-15-7-8-16(18)11-15)22-20(24)17-5-4-10-23(13-17)19-6-2-3-9-21-19/h2-3,6,9,14-18H,4-5,7-8,10-13H2,1H3,(H,22,24)/t14-,15-,16-,17-,18-/m0/s1. The number of hydrogen-bond acceptors (Lipinski definition) is 3. The van der Waals surface area contributed by atoms with Crippen molar-refractivity contribution >= 4 is 11.7 Å². The molecule has 0 aromatic carbocycles. The molecule has 5 atom stereocenters. The molecule has 1 saturated heterocycles. The number of amides is 1. The van der Waals surface area contributed by atoms with E-state index in [9.17, 15) is 4.79 Å². The van der Waals surface area contributed by atoms with Crippen LogP contribution in [-0.2, 0) is 4.79 Å². The van der Waals surface area contributed by atoms with E-state index in [0.717, 1.165) is 43.6 Å². The van der Waals surface area contributed by atoms with Crippen LogP contribution in [0.5, 0.6) is 0 Å². The summed E-state index contributed by atoms with van der Waals surface area (Å²) < 4.78 is 0. The fourth-order valence-corrected chi connectivity index (χ4v) is 5.30. The highest BCUT2D eigenvalue weighted by atomic mass is 16.2. The van der Waals surface area contributed by atoms with Crippen LogP contribution in [0.1, 0.15) is 45.4 Å². The summed E-state index contributed by atoms with van der Waals surface area (Å²) in [7, 11) is 0. The minimum atomic E-state index is 0.0989. The molecule has 130 valence electrons. The number of rotatable bonds is 4. The first-order valence-electron chi connectivity index (χ1n) is 9.67. The predicted molar refractivity (Wildman–Crippen MR) is 95.7 cm³/mol. The Bertz CT molecular complexity index is 576. The van der Waals surface area contributed by atoms with Gasteiger partial charge in [-0.3, -0.25) is 4.79 Å². The molecule has 1 aliphatic heterocycles. The number of anilines is 1. The third-order valence-electron chi connectivity index (χ3n) is 6.57. The van der Waals surface area contributed by atoms with Crippen molar-refractivity contribution in [3.05, 3.63) is 24.4 Å². The molecule has 4 rings (SSSR count).